The monoisotopic (exact) mass is 374 g/mol. The second kappa shape index (κ2) is 6.10. The van der Waals surface area contributed by atoms with Crippen LogP contribution in [0.5, 0.6) is 0 Å². The highest BCUT2D eigenvalue weighted by Crippen LogP contribution is 2.36. The number of piperidine rings is 1. The lowest BCUT2D eigenvalue weighted by Gasteiger charge is -2.30. The first-order chi connectivity index (χ1) is 11.0. The molecular formula is C18H19BrN2O2. The number of hydrogen-bond donors (Lipinski definition) is 1. The summed E-state index contributed by atoms with van der Waals surface area (Å²) in [6, 6.07) is 7.79. The maximum Gasteiger partial charge on any atom is 0.193 e. The van der Waals surface area contributed by atoms with Crippen LogP contribution >= 0.6 is 15.9 Å². The number of aryl methyl sites for hydroxylation is 1. The Balaban J connectivity index is 2.29. The van der Waals surface area contributed by atoms with Crippen LogP contribution in [0.3, 0.4) is 0 Å². The summed E-state index contributed by atoms with van der Waals surface area (Å²) < 4.78 is 6.14. The lowest BCUT2D eigenvalue weighted by molar-refractivity contribution is 0.323. The van der Waals surface area contributed by atoms with Gasteiger partial charge in [0.15, 0.2) is 5.43 Å². The molecule has 0 spiro atoms. The fraction of sp³-hybridized carbons (Fsp3) is 0.444. The average molecular weight is 375 g/mol. The van der Waals surface area contributed by atoms with Crippen LogP contribution in [0, 0.1) is 18.3 Å². The van der Waals surface area contributed by atoms with Gasteiger partial charge in [-0.15, -0.1) is 0 Å². The molecule has 3 rings (SSSR count). The van der Waals surface area contributed by atoms with Crippen LogP contribution in [-0.4, -0.2) is 13.1 Å². The van der Waals surface area contributed by atoms with Crippen molar-refractivity contribution in [1.29, 1.82) is 5.26 Å². The van der Waals surface area contributed by atoms with E-state index < -0.39 is 5.41 Å². The van der Waals surface area contributed by atoms with E-state index in [2.05, 4.69) is 27.3 Å². The van der Waals surface area contributed by atoms with Crippen molar-refractivity contribution in [2.75, 3.05) is 13.1 Å². The van der Waals surface area contributed by atoms with Gasteiger partial charge < -0.3 is 9.73 Å². The molecule has 5 heteroatoms. The predicted octanol–water partition coefficient (Wildman–Crippen LogP) is 3.70. The fourth-order valence-electron chi connectivity index (χ4n) is 3.23. The topological polar surface area (TPSA) is 66.0 Å². The molecular weight excluding hydrogens is 356 g/mol. The number of hydrogen-bond acceptors (Lipinski definition) is 4. The third kappa shape index (κ3) is 2.82. The van der Waals surface area contributed by atoms with Crippen LogP contribution in [0.15, 0.2) is 27.4 Å². The minimum Gasteiger partial charge on any atom is -0.459 e. The van der Waals surface area contributed by atoms with Gasteiger partial charge in [0, 0.05) is 16.5 Å². The van der Waals surface area contributed by atoms with Crippen molar-refractivity contribution in [1.82, 2.24) is 5.32 Å². The Morgan fingerprint density at radius 2 is 2.04 bits per heavy atom. The minimum absolute atomic E-state index is 0.0642. The quantitative estimate of drug-likeness (QED) is 0.813. The van der Waals surface area contributed by atoms with E-state index in [-0.39, 0.29) is 10.3 Å². The first kappa shape index (κ1) is 16.2. The Morgan fingerprint density at radius 3 is 2.65 bits per heavy atom. The molecule has 1 atom stereocenters. The van der Waals surface area contributed by atoms with Crippen LogP contribution in [0.1, 0.15) is 41.5 Å². The van der Waals surface area contributed by atoms with Crippen molar-refractivity contribution in [3.63, 3.8) is 0 Å². The molecule has 1 fully saturated rings. The van der Waals surface area contributed by atoms with Crippen molar-refractivity contribution in [2.45, 2.75) is 36.9 Å². The number of halogens is 1. The highest BCUT2D eigenvalue weighted by Gasteiger charge is 2.37. The Hall–Kier alpha value is -1.64. The molecule has 23 heavy (non-hydrogen) atoms. The molecule has 1 saturated heterocycles. The number of nitrogens with one attached hydrogen (secondary N) is 1. The lowest BCUT2D eigenvalue weighted by atomic mass is 9.78. The van der Waals surface area contributed by atoms with Gasteiger partial charge in [-0.25, -0.2) is 0 Å². The summed E-state index contributed by atoms with van der Waals surface area (Å²) in [5.41, 5.74) is 1.77. The highest BCUT2D eigenvalue weighted by atomic mass is 79.9. The second-order valence-electron chi connectivity index (χ2n) is 6.27. The van der Waals surface area contributed by atoms with E-state index in [1.165, 1.54) is 6.07 Å². The molecule has 0 amide bonds. The van der Waals surface area contributed by atoms with Crippen molar-refractivity contribution < 1.29 is 4.42 Å². The molecule has 0 aliphatic carbocycles. The van der Waals surface area contributed by atoms with Crippen molar-refractivity contribution in [2.24, 2.45) is 0 Å². The smallest absolute Gasteiger partial charge is 0.193 e. The Kier molecular flexibility index (Phi) is 4.31. The summed E-state index contributed by atoms with van der Waals surface area (Å²) in [6.07, 6.45) is 1.31. The standard InChI is InChI=1S/C18H19BrN2O2/c1-11-7-13(12(2)19)17-14(8-11)15(22)9-16(23-17)18(10-20)3-5-21-6-4-18/h7-9,12,21H,3-6H2,1-2H3. The first-order valence-corrected chi connectivity index (χ1v) is 8.73. The number of fused-ring (bicyclic) bond motifs is 1. The van der Waals surface area contributed by atoms with Crippen molar-refractivity contribution >= 4 is 26.9 Å². The molecule has 1 aromatic carbocycles. The number of nitrogens with zero attached hydrogens (tertiary/aromatic N) is 1. The van der Waals surface area contributed by atoms with Gasteiger partial charge in [0.2, 0.25) is 0 Å². The van der Waals surface area contributed by atoms with Crippen LogP contribution in [0.25, 0.3) is 11.0 Å². The molecule has 120 valence electrons. The highest BCUT2D eigenvalue weighted by molar-refractivity contribution is 9.09. The third-order valence-electron chi connectivity index (χ3n) is 4.57. The van der Waals surface area contributed by atoms with Gasteiger partial charge >= 0.3 is 0 Å². The zero-order valence-corrected chi connectivity index (χ0v) is 14.9. The zero-order valence-electron chi connectivity index (χ0n) is 13.3. The summed E-state index contributed by atoms with van der Waals surface area (Å²) in [4.78, 5) is 12.7. The fourth-order valence-corrected chi connectivity index (χ4v) is 3.57. The number of nitriles is 1. The predicted molar refractivity (Wildman–Crippen MR) is 94.0 cm³/mol. The average Bonchev–Trinajstić information content (AvgIpc) is 2.55. The Morgan fingerprint density at radius 1 is 1.35 bits per heavy atom. The largest absolute Gasteiger partial charge is 0.459 e. The normalized spacial score (nSPS) is 18.5. The molecule has 1 aromatic heterocycles. The van der Waals surface area contributed by atoms with E-state index in [9.17, 15) is 10.1 Å². The Bertz CT molecular complexity index is 842. The van der Waals surface area contributed by atoms with Crippen LogP contribution in [0.2, 0.25) is 0 Å². The molecule has 1 aliphatic heterocycles. The van der Waals surface area contributed by atoms with E-state index in [0.717, 1.165) is 24.2 Å². The van der Waals surface area contributed by atoms with E-state index >= 15 is 0 Å². The van der Waals surface area contributed by atoms with Gasteiger partial charge in [-0.1, -0.05) is 22.0 Å². The molecule has 0 radical (unpaired) electrons. The lowest BCUT2D eigenvalue weighted by Crippen LogP contribution is -2.39. The van der Waals surface area contributed by atoms with Gasteiger partial charge in [0.05, 0.1) is 11.5 Å². The number of rotatable bonds is 2. The molecule has 2 heterocycles. The van der Waals surface area contributed by atoms with Gasteiger partial charge in [-0.2, -0.15) is 5.26 Å². The summed E-state index contributed by atoms with van der Waals surface area (Å²) >= 11 is 3.58. The first-order valence-electron chi connectivity index (χ1n) is 7.82. The zero-order chi connectivity index (χ0) is 16.6. The van der Waals surface area contributed by atoms with E-state index in [1.54, 1.807) is 0 Å². The number of alkyl halides is 1. The second-order valence-corrected chi connectivity index (χ2v) is 7.64. The molecule has 0 saturated carbocycles. The Labute approximate surface area is 143 Å². The van der Waals surface area contributed by atoms with E-state index in [0.29, 0.717) is 29.6 Å². The molecule has 1 unspecified atom stereocenters. The maximum absolute atomic E-state index is 12.6. The van der Waals surface area contributed by atoms with E-state index in [1.807, 2.05) is 26.0 Å². The molecule has 0 bridgehead atoms. The summed E-state index contributed by atoms with van der Waals surface area (Å²) in [5.74, 6) is 0.497. The number of benzene rings is 1. The summed E-state index contributed by atoms with van der Waals surface area (Å²) in [7, 11) is 0. The van der Waals surface area contributed by atoms with E-state index in [4.69, 9.17) is 4.42 Å². The van der Waals surface area contributed by atoms with Gasteiger partial charge in [-0.05, 0) is 51.4 Å². The maximum atomic E-state index is 12.6. The molecule has 2 aromatic rings. The van der Waals surface area contributed by atoms with Crippen LogP contribution in [0.4, 0.5) is 0 Å². The molecule has 1 N–H and O–H groups in total. The van der Waals surface area contributed by atoms with Crippen molar-refractivity contribution in [3.05, 3.63) is 45.3 Å². The van der Waals surface area contributed by atoms with Gasteiger partial charge in [-0.3, -0.25) is 4.79 Å². The van der Waals surface area contributed by atoms with Gasteiger partial charge in [0.25, 0.3) is 0 Å². The van der Waals surface area contributed by atoms with Gasteiger partial charge in [0.1, 0.15) is 16.8 Å². The third-order valence-corrected chi connectivity index (χ3v) is 5.07. The van der Waals surface area contributed by atoms with Crippen molar-refractivity contribution in [3.8, 4) is 6.07 Å². The summed E-state index contributed by atoms with van der Waals surface area (Å²) in [6.45, 7) is 5.48. The van der Waals surface area contributed by atoms with Crippen LogP contribution in [-0.2, 0) is 5.41 Å². The SMILES string of the molecule is Cc1cc(C(C)Br)c2oc(C3(C#N)CCNCC3)cc(=O)c2c1. The minimum atomic E-state index is -0.712. The molecule has 1 aliphatic rings. The summed E-state index contributed by atoms with van der Waals surface area (Å²) in [5, 5.41) is 13.6. The molecule has 4 nitrogen and oxygen atoms in total. The van der Waals surface area contributed by atoms with Crippen LogP contribution < -0.4 is 10.7 Å².